The van der Waals surface area contributed by atoms with Crippen LogP contribution in [-0.4, -0.2) is 49.4 Å². The number of ether oxygens (including phenoxy) is 1. The first-order chi connectivity index (χ1) is 13.8. The molecule has 1 saturated heterocycles. The van der Waals surface area contributed by atoms with Crippen molar-refractivity contribution < 1.29 is 27.9 Å². The topological polar surface area (TPSA) is 113 Å². The summed E-state index contributed by atoms with van der Waals surface area (Å²) in [6.45, 7) is 2.12. The summed E-state index contributed by atoms with van der Waals surface area (Å²) in [6.07, 6.45) is 1.67. The predicted octanol–water partition coefficient (Wildman–Crippen LogP) is 2.28. The second-order valence-corrected chi connectivity index (χ2v) is 8.70. The minimum Gasteiger partial charge on any atom is -0.508 e. The number of nitrogens with zero attached hydrogens (tertiary/aromatic N) is 1. The van der Waals surface area contributed by atoms with Crippen LogP contribution in [-0.2, 0) is 19.6 Å². The van der Waals surface area contributed by atoms with Gasteiger partial charge in [-0.05, 0) is 55.7 Å². The average molecular weight is 418 g/mol. The highest BCUT2D eigenvalue weighted by atomic mass is 32.2. The zero-order valence-electron chi connectivity index (χ0n) is 15.9. The van der Waals surface area contributed by atoms with E-state index in [9.17, 15) is 23.1 Å². The van der Waals surface area contributed by atoms with E-state index in [2.05, 4.69) is 5.32 Å². The van der Waals surface area contributed by atoms with Gasteiger partial charge in [0, 0.05) is 18.8 Å². The molecule has 29 heavy (non-hydrogen) atoms. The average Bonchev–Trinajstić information content (AvgIpc) is 3.24. The molecule has 8 nitrogen and oxygen atoms in total. The van der Waals surface area contributed by atoms with Crippen molar-refractivity contribution in [2.24, 2.45) is 0 Å². The van der Waals surface area contributed by atoms with Crippen LogP contribution in [0.1, 0.15) is 28.8 Å². The third kappa shape index (κ3) is 4.93. The van der Waals surface area contributed by atoms with Crippen LogP contribution in [0.15, 0.2) is 47.4 Å². The van der Waals surface area contributed by atoms with E-state index in [0.29, 0.717) is 24.3 Å². The molecule has 1 aliphatic rings. The molecule has 3 rings (SSSR count). The number of phenolic OH excluding ortho intramolecular Hbond substituents is 1. The summed E-state index contributed by atoms with van der Waals surface area (Å²) in [5, 5.41) is 12.2. The maximum absolute atomic E-state index is 12.6. The van der Waals surface area contributed by atoms with Crippen LogP contribution in [0.25, 0.3) is 0 Å². The van der Waals surface area contributed by atoms with Gasteiger partial charge >= 0.3 is 5.97 Å². The van der Waals surface area contributed by atoms with E-state index in [1.807, 2.05) is 0 Å². The van der Waals surface area contributed by atoms with E-state index in [1.165, 1.54) is 28.6 Å². The molecule has 2 N–H and O–H groups in total. The normalized spacial score (nSPS) is 14.5. The van der Waals surface area contributed by atoms with Gasteiger partial charge in [0.2, 0.25) is 10.0 Å². The standard InChI is InChI=1S/C20H22N2O6S/c1-14-7-8-15(11-18(14)23)20(25)28-13-19(24)21-16-5-4-6-17(12-16)29(26,27)22-9-2-3-10-22/h4-8,11-12,23H,2-3,9-10,13H2,1H3,(H,21,24). The fourth-order valence-corrected chi connectivity index (χ4v) is 4.52. The van der Waals surface area contributed by atoms with Crippen molar-refractivity contribution in [2.45, 2.75) is 24.7 Å². The Bertz CT molecular complexity index is 1030. The van der Waals surface area contributed by atoms with Gasteiger partial charge in [-0.3, -0.25) is 4.79 Å². The molecule has 0 unspecified atom stereocenters. The van der Waals surface area contributed by atoms with Gasteiger partial charge in [-0.1, -0.05) is 12.1 Å². The van der Waals surface area contributed by atoms with Gasteiger partial charge in [0.15, 0.2) is 6.61 Å². The highest BCUT2D eigenvalue weighted by molar-refractivity contribution is 7.89. The van der Waals surface area contributed by atoms with Gasteiger partial charge in [-0.2, -0.15) is 4.31 Å². The van der Waals surface area contributed by atoms with Crippen LogP contribution in [0.4, 0.5) is 5.69 Å². The minimum absolute atomic E-state index is 0.0417. The van der Waals surface area contributed by atoms with Gasteiger partial charge in [0.1, 0.15) is 5.75 Å². The van der Waals surface area contributed by atoms with Crippen LogP contribution >= 0.6 is 0 Å². The summed E-state index contributed by atoms with van der Waals surface area (Å²) in [5.41, 5.74) is 1.03. The number of aromatic hydroxyl groups is 1. The van der Waals surface area contributed by atoms with Crippen LogP contribution in [0.5, 0.6) is 5.75 Å². The van der Waals surface area contributed by atoms with Crippen LogP contribution in [0, 0.1) is 6.92 Å². The molecule has 1 heterocycles. The number of benzene rings is 2. The summed E-state index contributed by atoms with van der Waals surface area (Å²) < 4.78 is 31.6. The smallest absolute Gasteiger partial charge is 0.338 e. The number of sulfonamides is 1. The summed E-state index contributed by atoms with van der Waals surface area (Å²) in [6, 6.07) is 10.3. The van der Waals surface area contributed by atoms with Gasteiger partial charge in [0.05, 0.1) is 10.5 Å². The molecule has 2 aromatic rings. The van der Waals surface area contributed by atoms with Crippen molar-refractivity contribution in [3.63, 3.8) is 0 Å². The number of hydrogen-bond acceptors (Lipinski definition) is 6. The third-order valence-electron chi connectivity index (χ3n) is 4.60. The molecule has 0 spiro atoms. The predicted molar refractivity (Wildman–Crippen MR) is 106 cm³/mol. The Balaban J connectivity index is 1.60. The largest absolute Gasteiger partial charge is 0.508 e. The molecule has 154 valence electrons. The Morgan fingerprint density at radius 3 is 2.55 bits per heavy atom. The van der Waals surface area contributed by atoms with Crippen LogP contribution in [0.2, 0.25) is 0 Å². The fourth-order valence-electron chi connectivity index (χ4n) is 2.96. The SMILES string of the molecule is Cc1ccc(C(=O)OCC(=O)Nc2cccc(S(=O)(=O)N3CCCC3)c2)cc1O. The molecule has 0 saturated carbocycles. The summed E-state index contributed by atoms with van der Waals surface area (Å²) in [5.74, 6) is -1.40. The number of carbonyl (C=O) groups is 2. The highest BCUT2D eigenvalue weighted by Crippen LogP contribution is 2.23. The number of esters is 1. The second kappa shape index (κ2) is 8.62. The molecule has 0 aromatic heterocycles. The van der Waals surface area contributed by atoms with Gasteiger partial charge in [-0.25, -0.2) is 13.2 Å². The lowest BCUT2D eigenvalue weighted by Gasteiger charge is -2.16. The van der Waals surface area contributed by atoms with Crippen molar-refractivity contribution in [3.8, 4) is 5.75 Å². The number of phenols is 1. The minimum atomic E-state index is -3.59. The molecule has 1 amide bonds. The van der Waals surface area contributed by atoms with Crippen molar-refractivity contribution in [3.05, 3.63) is 53.6 Å². The molecule has 9 heteroatoms. The molecule has 1 aliphatic heterocycles. The van der Waals surface area contributed by atoms with E-state index in [-0.39, 0.29) is 16.2 Å². The molecule has 0 aliphatic carbocycles. The molecular formula is C20H22N2O6S. The molecule has 2 aromatic carbocycles. The van der Waals surface area contributed by atoms with Crippen LogP contribution in [0.3, 0.4) is 0 Å². The number of nitrogens with one attached hydrogen (secondary N) is 1. The maximum Gasteiger partial charge on any atom is 0.338 e. The summed E-state index contributed by atoms with van der Waals surface area (Å²) in [4.78, 5) is 24.2. The van der Waals surface area contributed by atoms with Crippen molar-refractivity contribution in [1.29, 1.82) is 0 Å². The van der Waals surface area contributed by atoms with Crippen molar-refractivity contribution in [2.75, 3.05) is 25.0 Å². The number of aryl methyl sites for hydroxylation is 1. The first kappa shape index (κ1) is 20.8. The van der Waals surface area contributed by atoms with E-state index in [4.69, 9.17) is 4.74 Å². The number of rotatable bonds is 6. The summed E-state index contributed by atoms with van der Waals surface area (Å²) in [7, 11) is -3.59. The first-order valence-corrected chi connectivity index (χ1v) is 10.6. The lowest BCUT2D eigenvalue weighted by atomic mass is 10.1. The molecule has 1 fully saturated rings. The van der Waals surface area contributed by atoms with Gasteiger partial charge in [-0.15, -0.1) is 0 Å². The number of amides is 1. The van der Waals surface area contributed by atoms with E-state index >= 15 is 0 Å². The van der Waals surface area contributed by atoms with Crippen molar-refractivity contribution in [1.82, 2.24) is 4.31 Å². The molecule has 0 bridgehead atoms. The molecule has 0 radical (unpaired) electrons. The number of hydrogen-bond donors (Lipinski definition) is 2. The van der Waals surface area contributed by atoms with Gasteiger partial charge in [0.25, 0.3) is 5.91 Å². The Morgan fingerprint density at radius 2 is 1.86 bits per heavy atom. The Kier molecular flexibility index (Phi) is 6.19. The highest BCUT2D eigenvalue weighted by Gasteiger charge is 2.27. The number of carbonyl (C=O) groups excluding carboxylic acids is 2. The fraction of sp³-hybridized carbons (Fsp3) is 0.300. The summed E-state index contributed by atoms with van der Waals surface area (Å²) >= 11 is 0. The Labute approximate surface area is 169 Å². The first-order valence-electron chi connectivity index (χ1n) is 9.14. The quantitative estimate of drug-likeness (QED) is 0.696. The monoisotopic (exact) mass is 418 g/mol. The lowest BCUT2D eigenvalue weighted by molar-refractivity contribution is -0.119. The van der Waals surface area contributed by atoms with Gasteiger partial charge < -0.3 is 15.2 Å². The second-order valence-electron chi connectivity index (χ2n) is 6.76. The zero-order valence-corrected chi connectivity index (χ0v) is 16.7. The lowest BCUT2D eigenvalue weighted by Crippen LogP contribution is -2.28. The van der Waals surface area contributed by atoms with Crippen molar-refractivity contribution >= 4 is 27.6 Å². The zero-order chi connectivity index (χ0) is 21.0. The van der Waals surface area contributed by atoms with E-state index in [0.717, 1.165) is 12.8 Å². The Morgan fingerprint density at radius 1 is 1.14 bits per heavy atom. The number of anilines is 1. The molecule has 0 atom stereocenters. The maximum atomic E-state index is 12.6. The Hall–Kier alpha value is -2.91. The third-order valence-corrected chi connectivity index (χ3v) is 6.49. The van der Waals surface area contributed by atoms with Crippen LogP contribution < -0.4 is 5.32 Å². The van der Waals surface area contributed by atoms with E-state index in [1.54, 1.807) is 25.1 Å². The van der Waals surface area contributed by atoms with E-state index < -0.39 is 28.5 Å². The molecular weight excluding hydrogens is 396 g/mol.